The highest BCUT2D eigenvalue weighted by molar-refractivity contribution is 6.30. The zero-order valence-electron chi connectivity index (χ0n) is 16.0. The minimum absolute atomic E-state index is 0.0504. The van der Waals surface area contributed by atoms with E-state index < -0.39 is 0 Å². The first-order chi connectivity index (χ1) is 14.2. The highest BCUT2D eigenvalue weighted by Crippen LogP contribution is 2.26. The van der Waals surface area contributed by atoms with Gasteiger partial charge in [0.2, 0.25) is 5.91 Å². The fraction of sp³-hybridized carbons (Fsp3) is 0.261. The second-order valence-corrected chi connectivity index (χ2v) is 7.69. The number of piperidine rings is 1. The number of rotatable bonds is 5. The SMILES string of the molecule is O=C(N[C@@H](c1ccc(Cl)cc1)c1cccnc1)[C@H]1CCCN(c2ccccn2)C1. The van der Waals surface area contributed by atoms with Gasteiger partial charge in [-0.05, 0) is 54.3 Å². The molecule has 1 N–H and O–H groups in total. The van der Waals surface area contributed by atoms with Crippen LogP contribution in [0.2, 0.25) is 5.02 Å². The molecule has 148 valence electrons. The summed E-state index contributed by atoms with van der Waals surface area (Å²) < 4.78 is 0. The summed E-state index contributed by atoms with van der Waals surface area (Å²) in [4.78, 5) is 24.0. The Morgan fingerprint density at radius 1 is 1.07 bits per heavy atom. The summed E-state index contributed by atoms with van der Waals surface area (Å²) >= 11 is 6.05. The Hall–Kier alpha value is -2.92. The van der Waals surface area contributed by atoms with Crippen LogP contribution in [0, 0.1) is 5.92 Å². The van der Waals surface area contributed by atoms with E-state index in [0.717, 1.165) is 36.3 Å². The highest BCUT2D eigenvalue weighted by Gasteiger charge is 2.28. The lowest BCUT2D eigenvalue weighted by Gasteiger charge is -2.33. The summed E-state index contributed by atoms with van der Waals surface area (Å²) in [5.41, 5.74) is 1.92. The van der Waals surface area contributed by atoms with Crippen molar-refractivity contribution in [2.45, 2.75) is 18.9 Å². The maximum atomic E-state index is 13.2. The topological polar surface area (TPSA) is 58.1 Å². The van der Waals surface area contributed by atoms with Gasteiger partial charge in [-0.15, -0.1) is 0 Å². The van der Waals surface area contributed by atoms with Crippen molar-refractivity contribution in [1.29, 1.82) is 0 Å². The lowest BCUT2D eigenvalue weighted by molar-refractivity contribution is -0.125. The van der Waals surface area contributed by atoms with Crippen LogP contribution in [0.1, 0.15) is 30.0 Å². The Morgan fingerprint density at radius 2 is 1.93 bits per heavy atom. The molecule has 0 bridgehead atoms. The summed E-state index contributed by atoms with van der Waals surface area (Å²) in [6.45, 7) is 1.59. The molecule has 0 spiro atoms. The van der Waals surface area contributed by atoms with Crippen LogP contribution in [0.4, 0.5) is 5.82 Å². The maximum Gasteiger partial charge on any atom is 0.225 e. The summed E-state index contributed by atoms with van der Waals surface area (Å²) in [5.74, 6) is 0.887. The first-order valence-electron chi connectivity index (χ1n) is 9.82. The maximum absolute atomic E-state index is 13.2. The van der Waals surface area contributed by atoms with E-state index in [-0.39, 0.29) is 17.9 Å². The number of benzene rings is 1. The van der Waals surface area contributed by atoms with Gasteiger partial charge in [-0.2, -0.15) is 0 Å². The van der Waals surface area contributed by atoms with Gasteiger partial charge in [-0.3, -0.25) is 9.78 Å². The van der Waals surface area contributed by atoms with Gasteiger partial charge in [0.05, 0.1) is 12.0 Å². The molecule has 0 saturated carbocycles. The summed E-state index contributed by atoms with van der Waals surface area (Å²) in [6, 6.07) is 17.0. The molecule has 1 fully saturated rings. The number of aromatic nitrogens is 2. The Bertz CT molecular complexity index is 934. The molecule has 1 aliphatic heterocycles. The van der Waals surface area contributed by atoms with E-state index in [4.69, 9.17) is 11.6 Å². The number of nitrogens with zero attached hydrogens (tertiary/aromatic N) is 3. The lowest BCUT2D eigenvalue weighted by atomic mass is 9.94. The molecule has 1 aliphatic rings. The molecule has 3 aromatic rings. The van der Waals surface area contributed by atoms with E-state index >= 15 is 0 Å². The molecule has 2 atom stereocenters. The van der Waals surface area contributed by atoms with Crippen molar-refractivity contribution in [2.24, 2.45) is 5.92 Å². The van der Waals surface area contributed by atoms with Gasteiger partial charge in [0.1, 0.15) is 5.82 Å². The molecule has 5 nitrogen and oxygen atoms in total. The minimum atomic E-state index is -0.265. The third kappa shape index (κ3) is 4.74. The predicted octanol–water partition coefficient (Wildman–Crippen LogP) is 4.25. The smallest absolute Gasteiger partial charge is 0.225 e. The first kappa shape index (κ1) is 19.4. The monoisotopic (exact) mass is 406 g/mol. The van der Waals surface area contributed by atoms with Crippen LogP contribution in [0.5, 0.6) is 0 Å². The molecule has 0 unspecified atom stereocenters. The van der Waals surface area contributed by atoms with E-state index in [1.165, 1.54) is 0 Å². The van der Waals surface area contributed by atoms with Crippen molar-refractivity contribution >= 4 is 23.3 Å². The Kier molecular flexibility index (Phi) is 6.06. The number of carbonyl (C=O) groups is 1. The number of anilines is 1. The van der Waals surface area contributed by atoms with Crippen molar-refractivity contribution in [3.63, 3.8) is 0 Å². The summed E-state index contributed by atoms with van der Waals surface area (Å²) in [7, 11) is 0. The van der Waals surface area contributed by atoms with Crippen molar-refractivity contribution in [3.05, 3.63) is 89.3 Å². The zero-order valence-corrected chi connectivity index (χ0v) is 16.8. The number of hydrogen-bond acceptors (Lipinski definition) is 4. The van der Waals surface area contributed by atoms with Gasteiger partial charge in [0.15, 0.2) is 0 Å². The van der Waals surface area contributed by atoms with E-state index in [9.17, 15) is 4.79 Å². The molecule has 1 saturated heterocycles. The van der Waals surface area contributed by atoms with Gasteiger partial charge in [0.25, 0.3) is 0 Å². The van der Waals surface area contributed by atoms with Gasteiger partial charge in [-0.25, -0.2) is 4.98 Å². The van der Waals surface area contributed by atoms with Crippen LogP contribution >= 0.6 is 11.6 Å². The predicted molar refractivity (Wildman–Crippen MR) is 115 cm³/mol. The van der Waals surface area contributed by atoms with E-state index in [0.29, 0.717) is 11.6 Å². The molecule has 4 rings (SSSR count). The van der Waals surface area contributed by atoms with Crippen molar-refractivity contribution in [1.82, 2.24) is 15.3 Å². The number of nitrogens with one attached hydrogen (secondary N) is 1. The highest BCUT2D eigenvalue weighted by atomic mass is 35.5. The molecule has 0 aliphatic carbocycles. The molecular formula is C23H23ClN4O. The number of pyridine rings is 2. The second kappa shape index (κ2) is 9.05. The summed E-state index contributed by atoms with van der Waals surface area (Å²) in [6.07, 6.45) is 7.15. The number of carbonyl (C=O) groups excluding carboxylic acids is 1. The average molecular weight is 407 g/mol. The van der Waals surface area contributed by atoms with Crippen molar-refractivity contribution in [2.75, 3.05) is 18.0 Å². The van der Waals surface area contributed by atoms with Crippen LogP contribution in [0.3, 0.4) is 0 Å². The van der Waals surface area contributed by atoms with Crippen molar-refractivity contribution in [3.8, 4) is 0 Å². The lowest BCUT2D eigenvalue weighted by Crippen LogP contribution is -2.44. The second-order valence-electron chi connectivity index (χ2n) is 7.25. The molecule has 2 aromatic heterocycles. The zero-order chi connectivity index (χ0) is 20.1. The van der Waals surface area contributed by atoms with Gasteiger partial charge >= 0.3 is 0 Å². The molecule has 29 heavy (non-hydrogen) atoms. The standard InChI is InChI=1S/C23H23ClN4O/c24-20-10-8-17(9-11-20)22(18-5-3-12-25-15-18)27-23(29)19-6-4-14-28(16-19)21-7-1-2-13-26-21/h1-3,5,7-13,15,19,22H,4,6,14,16H2,(H,27,29)/t19-,22-/m0/s1. The molecule has 6 heteroatoms. The van der Waals surface area contributed by atoms with E-state index in [2.05, 4.69) is 20.2 Å². The largest absolute Gasteiger partial charge is 0.356 e. The molecule has 1 aromatic carbocycles. The number of hydrogen-bond donors (Lipinski definition) is 1. The van der Waals surface area contributed by atoms with Gasteiger partial charge < -0.3 is 10.2 Å². The fourth-order valence-electron chi connectivity index (χ4n) is 3.76. The number of halogens is 1. The average Bonchev–Trinajstić information content (AvgIpc) is 2.79. The molecule has 0 radical (unpaired) electrons. The van der Waals surface area contributed by atoms with Crippen LogP contribution in [0.15, 0.2) is 73.2 Å². The molecular weight excluding hydrogens is 384 g/mol. The molecule has 3 heterocycles. The minimum Gasteiger partial charge on any atom is -0.356 e. The van der Waals surface area contributed by atoms with Crippen LogP contribution in [0.25, 0.3) is 0 Å². The van der Waals surface area contributed by atoms with Crippen molar-refractivity contribution < 1.29 is 4.79 Å². The van der Waals surface area contributed by atoms with Crippen LogP contribution in [-0.2, 0) is 4.79 Å². The third-order valence-electron chi connectivity index (χ3n) is 5.27. The van der Waals surface area contributed by atoms with Gasteiger partial charge in [-0.1, -0.05) is 35.9 Å². The Balaban J connectivity index is 1.52. The van der Waals surface area contributed by atoms with Gasteiger partial charge in [0, 0.05) is 36.7 Å². The fourth-order valence-corrected chi connectivity index (χ4v) is 3.89. The van der Waals surface area contributed by atoms with Crippen LogP contribution < -0.4 is 10.2 Å². The Morgan fingerprint density at radius 3 is 2.66 bits per heavy atom. The van der Waals surface area contributed by atoms with Crippen LogP contribution in [-0.4, -0.2) is 29.0 Å². The quantitative estimate of drug-likeness (QED) is 0.688. The first-order valence-corrected chi connectivity index (χ1v) is 10.2. The normalized spacial score (nSPS) is 17.6. The van der Waals surface area contributed by atoms with E-state index in [1.807, 2.05) is 54.6 Å². The summed E-state index contributed by atoms with van der Waals surface area (Å²) in [5, 5.41) is 3.91. The third-order valence-corrected chi connectivity index (χ3v) is 5.53. The number of amides is 1. The Labute approximate surface area is 175 Å². The van der Waals surface area contributed by atoms with E-state index in [1.54, 1.807) is 18.6 Å². The molecule has 1 amide bonds.